The first-order valence-corrected chi connectivity index (χ1v) is 9.68. The smallest absolute Gasteiger partial charge is 0.0345 e. The molecule has 1 heterocycles. The molecule has 1 unspecified atom stereocenters. The van der Waals surface area contributed by atoms with E-state index in [1.54, 1.807) is 0 Å². The molecular weight excluding hydrogens is 294 g/mol. The fourth-order valence-electron chi connectivity index (χ4n) is 2.35. The molecule has 1 nitrogen and oxygen atoms in total. The van der Waals surface area contributed by atoms with E-state index in [9.17, 15) is 0 Å². The normalized spacial score (nSPS) is 13.7. The molecule has 1 N–H and O–H groups in total. The van der Waals surface area contributed by atoms with Crippen LogP contribution in [-0.4, -0.2) is 23.1 Å². The second-order valence-corrected chi connectivity index (χ2v) is 9.29. The number of nitrogens with one attached hydrogen (secondary N) is 1. The summed E-state index contributed by atoms with van der Waals surface area (Å²) in [5.41, 5.74) is 1.50. The lowest BCUT2D eigenvalue weighted by molar-refractivity contribution is 0.550. The van der Waals surface area contributed by atoms with Crippen LogP contribution in [0.5, 0.6) is 0 Å². The Bertz CT molecular complexity index is 554. The van der Waals surface area contributed by atoms with Crippen molar-refractivity contribution in [1.29, 1.82) is 0 Å². The van der Waals surface area contributed by atoms with Crippen molar-refractivity contribution in [1.82, 2.24) is 5.32 Å². The minimum atomic E-state index is 0.336. The van der Waals surface area contributed by atoms with E-state index in [0.29, 0.717) is 10.8 Å². The van der Waals surface area contributed by atoms with E-state index >= 15 is 0 Å². The molecule has 1 aromatic heterocycles. The molecule has 0 aliphatic carbocycles. The molecule has 0 aliphatic rings. The highest BCUT2D eigenvalue weighted by Gasteiger charge is 2.17. The topological polar surface area (TPSA) is 12.0 Å². The highest BCUT2D eigenvalue weighted by atomic mass is 32.2. The fraction of sp³-hybridized carbons (Fsp3) is 0.556. The van der Waals surface area contributed by atoms with Crippen LogP contribution in [0.1, 0.15) is 39.7 Å². The van der Waals surface area contributed by atoms with Crippen LogP contribution in [0.2, 0.25) is 0 Å². The second-order valence-electron chi connectivity index (χ2n) is 6.54. The van der Waals surface area contributed by atoms with E-state index < -0.39 is 0 Å². The molecule has 2 rings (SSSR count). The Morgan fingerprint density at radius 1 is 1.24 bits per heavy atom. The third-order valence-electron chi connectivity index (χ3n) is 3.43. The second kappa shape index (κ2) is 7.66. The van der Waals surface area contributed by atoms with Gasteiger partial charge in [-0.25, -0.2) is 0 Å². The third-order valence-corrected chi connectivity index (χ3v) is 5.88. The molecule has 116 valence electrons. The number of thioether (sulfide) groups is 1. The summed E-state index contributed by atoms with van der Waals surface area (Å²) in [6.45, 7) is 10.2. The zero-order valence-electron chi connectivity index (χ0n) is 13.6. The van der Waals surface area contributed by atoms with Gasteiger partial charge in [-0.15, -0.1) is 11.3 Å². The van der Waals surface area contributed by atoms with E-state index in [2.05, 4.69) is 74.4 Å². The Kier molecular flexibility index (Phi) is 6.15. The molecule has 0 bridgehead atoms. The van der Waals surface area contributed by atoms with E-state index in [4.69, 9.17) is 0 Å². The maximum absolute atomic E-state index is 3.73. The molecule has 2 aromatic rings. The molecule has 0 aliphatic heterocycles. The van der Waals surface area contributed by atoms with Crippen LogP contribution in [0.4, 0.5) is 0 Å². The van der Waals surface area contributed by atoms with Crippen LogP contribution < -0.4 is 5.32 Å². The minimum Gasteiger partial charge on any atom is -0.313 e. The molecule has 0 fully saturated rings. The zero-order valence-corrected chi connectivity index (χ0v) is 15.2. The van der Waals surface area contributed by atoms with Gasteiger partial charge >= 0.3 is 0 Å². The molecule has 0 amide bonds. The van der Waals surface area contributed by atoms with Crippen molar-refractivity contribution in [3.63, 3.8) is 0 Å². The van der Waals surface area contributed by atoms with Gasteiger partial charge in [0.15, 0.2) is 0 Å². The SMILES string of the molecule is CCCNC(CSC(C)(C)C)Cc1csc2ccccc12. The molecule has 1 aromatic carbocycles. The number of benzene rings is 1. The summed E-state index contributed by atoms with van der Waals surface area (Å²) in [5.74, 6) is 1.17. The van der Waals surface area contributed by atoms with Crippen LogP contribution >= 0.6 is 23.1 Å². The van der Waals surface area contributed by atoms with Gasteiger partial charge in [-0.3, -0.25) is 0 Å². The van der Waals surface area contributed by atoms with E-state index in [1.165, 1.54) is 27.8 Å². The van der Waals surface area contributed by atoms with Crippen LogP contribution in [0.3, 0.4) is 0 Å². The van der Waals surface area contributed by atoms with Crippen LogP contribution in [0.15, 0.2) is 29.6 Å². The predicted molar refractivity (Wildman–Crippen MR) is 99.8 cm³/mol. The van der Waals surface area contributed by atoms with Crippen molar-refractivity contribution in [2.24, 2.45) is 0 Å². The van der Waals surface area contributed by atoms with E-state index in [1.807, 2.05) is 11.3 Å². The van der Waals surface area contributed by atoms with Gasteiger partial charge in [0.2, 0.25) is 0 Å². The average molecular weight is 322 g/mol. The standard InChI is InChI=1S/C18H27NS2/c1-5-10-19-15(13-21-18(2,3)4)11-14-12-20-17-9-7-6-8-16(14)17/h6-9,12,15,19H,5,10-11,13H2,1-4H3. The summed E-state index contributed by atoms with van der Waals surface area (Å²) in [5, 5.41) is 7.51. The molecule has 3 heteroatoms. The minimum absolute atomic E-state index is 0.336. The van der Waals surface area contributed by atoms with Crippen molar-refractivity contribution < 1.29 is 0 Å². The van der Waals surface area contributed by atoms with Gasteiger partial charge in [0.25, 0.3) is 0 Å². The lowest BCUT2D eigenvalue weighted by Crippen LogP contribution is -2.35. The number of rotatable bonds is 7. The summed E-state index contributed by atoms with van der Waals surface area (Å²) in [4.78, 5) is 0. The van der Waals surface area contributed by atoms with Gasteiger partial charge in [-0.2, -0.15) is 11.8 Å². The Morgan fingerprint density at radius 2 is 2.00 bits per heavy atom. The van der Waals surface area contributed by atoms with Gasteiger partial charge in [0, 0.05) is 21.2 Å². The van der Waals surface area contributed by atoms with Crippen LogP contribution in [0.25, 0.3) is 10.1 Å². The zero-order chi connectivity index (χ0) is 15.3. The number of fused-ring (bicyclic) bond motifs is 1. The van der Waals surface area contributed by atoms with Crippen molar-refractivity contribution in [2.75, 3.05) is 12.3 Å². The Hall–Kier alpha value is -0.510. The Morgan fingerprint density at radius 3 is 2.71 bits per heavy atom. The maximum Gasteiger partial charge on any atom is 0.0345 e. The lowest BCUT2D eigenvalue weighted by atomic mass is 10.1. The summed E-state index contributed by atoms with van der Waals surface area (Å²) in [6, 6.07) is 9.32. The first-order chi connectivity index (χ1) is 9.99. The molecule has 1 atom stereocenters. The maximum atomic E-state index is 3.73. The average Bonchev–Trinajstić information content (AvgIpc) is 2.84. The highest BCUT2D eigenvalue weighted by Crippen LogP contribution is 2.29. The van der Waals surface area contributed by atoms with Gasteiger partial charge in [-0.1, -0.05) is 45.9 Å². The van der Waals surface area contributed by atoms with Gasteiger partial charge < -0.3 is 5.32 Å². The van der Waals surface area contributed by atoms with Crippen molar-refractivity contribution in [3.8, 4) is 0 Å². The summed E-state index contributed by atoms with van der Waals surface area (Å²) in [7, 11) is 0. The highest BCUT2D eigenvalue weighted by molar-refractivity contribution is 8.00. The van der Waals surface area contributed by atoms with Gasteiger partial charge in [0.1, 0.15) is 0 Å². The van der Waals surface area contributed by atoms with E-state index in [-0.39, 0.29) is 0 Å². The third kappa shape index (κ3) is 5.32. The monoisotopic (exact) mass is 321 g/mol. The number of hydrogen-bond donors (Lipinski definition) is 1. The van der Waals surface area contributed by atoms with Crippen molar-refractivity contribution >= 4 is 33.2 Å². The molecule has 21 heavy (non-hydrogen) atoms. The predicted octanol–water partition coefficient (Wildman–Crippen LogP) is 5.34. The molecule has 0 radical (unpaired) electrons. The molecular formula is C18H27NS2. The Labute approximate surface area is 137 Å². The van der Waals surface area contributed by atoms with Crippen LogP contribution in [0, 0.1) is 0 Å². The number of hydrogen-bond acceptors (Lipinski definition) is 3. The van der Waals surface area contributed by atoms with Crippen molar-refractivity contribution in [3.05, 3.63) is 35.2 Å². The fourth-order valence-corrected chi connectivity index (χ4v) is 4.26. The van der Waals surface area contributed by atoms with E-state index in [0.717, 1.165) is 13.0 Å². The quantitative estimate of drug-likeness (QED) is 0.738. The first kappa shape index (κ1) is 16.9. The lowest BCUT2D eigenvalue weighted by Gasteiger charge is -2.24. The van der Waals surface area contributed by atoms with Crippen molar-refractivity contribution in [2.45, 2.75) is 51.3 Å². The van der Waals surface area contributed by atoms with Gasteiger partial charge in [-0.05, 0) is 41.8 Å². The summed E-state index contributed by atoms with van der Waals surface area (Å²) < 4.78 is 1.74. The molecule has 0 saturated carbocycles. The Balaban J connectivity index is 2.06. The molecule has 0 spiro atoms. The summed E-state index contributed by atoms with van der Waals surface area (Å²) >= 11 is 3.93. The largest absolute Gasteiger partial charge is 0.313 e. The number of thiophene rings is 1. The first-order valence-electron chi connectivity index (χ1n) is 7.82. The van der Waals surface area contributed by atoms with Gasteiger partial charge in [0.05, 0.1) is 0 Å². The molecule has 0 saturated heterocycles. The van der Waals surface area contributed by atoms with Crippen LogP contribution in [-0.2, 0) is 6.42 Å². The summed E-state index contributed by atoms with van der Waals surface area (Å²) in [6.07, 6.45) is 2.33.